The molecule has 3 heteroatoms. The van der Waals surface area contributed by atoms with Crippen molar-refractivity contribution in [3.05, 3.63) is 17.5 Å². The zero-order valence-electron chi connectivity index (χ0n) is 7.34. The number of nitrogens with zero attached hydrogens (tertiary/aromatic N) is 1. The molecule has 66 valence electrons. The number of hydrogen-bond acceptors (Lipinski definition) is 3. The largest absolute Gasteiger partial charge is 0.360 e. The third-order valence-corrected chi connectivity index (χ3v) is 2.11. The zero-order valence-corrected chi connectivity index (χ0v) is 7.34. The minimum Gasteiger partial charge on any atom is -0.360 e. The summed E-state index contributed by atoms with van der Waals surface area (Å²) in [4.78, 5) is 0. The van der Waals surface area contributed by atoms with E-state index in [-0.39, 0.29) is 0 Å². The highest BCUT2D eigenvalue weighted by atomic mass is 16.5. The second-order valence-electron chi connectivity index (χ2n) is 3.51. The summed E-state index contributed by atoms with van der Waals surface area (Å²) in [6, 6.07) is 1.97. The Bertz CT molecular complexity index is 253. The summed E-state index contributed by atoms with van der Waals surface area (Å²) in [6.45, 7) is 3.88. The Balaban J connectivity index is 1.71. The van der Waals surface area contributed by atoms with E-state index in [1.807, 2.05) is 13.0 Å². The van der Waals surface area contributed by atoms with Crippen LogP contribution in [0.5, 0.6) is 0 Å². The Morgan fingerprint density at radius 3 is 3.08 bits per heavy atom. The molecule has 0 amide bonds. The molecule has 0 spiro atoms. The summed E-state index contributed by atoms with van der Waals surface area (Å²) in [7, 11) is 0. The van der Waals surface area contributed by atoms with Crippen LogP contribution in [0.25, 0.3) is 0 Å². The van der Waals surface area contributed by atoms with Crippen LogP contribution in [0.4, 0.5) is 0 Å². The van der Waals surface area contributed by atoms with Gasteiger partial charge in [-0.15, -0.1) is 0 Å². The molecule has 0 radical (unpaired) electrons. The highest BCUT2D eigenvalue weighted by Crippen LogP contribution is 2.27. The molecular weight excluding hydrogens is 152 g/mol. The molecule has 1 aromatic rings. The van der Waals surface area contributed by atoms with Crippen molar-refractivity contribution in [1.29, 1.82) is 0 Å². The lowest BCUT2D eigenvalue weighted by molar-refractivity contribution is 0.369. The Morgan fingerprint density at radius 1 is 1.67 bits per heavy atom. The van der Waals surface area contributed by atoms with Crippen LogP contribution in [0.2, 0.25) is 0 Å². The molecule has 1 saturated carbocycles. The lowest BCUT2D eigenvalue weighted by atomic mass is 10.3. The molecule has 1 aromatic heterocycles. The molecule has 1 N–H and O–H groups in total. The van der Waals surface area contributed by atoms with Gasteiger partial charge in [0.2, 0.25) is 0 Å². The molecule has 0 aliphatic heterocycles. The molecule has 0 aromatic carbocycles. The summed E-state index contributed by atoms with van der Waals surface area (Å²) in [5.41, 5.74) is 0.957. The highest BCUT2D eigenvalue weighted by Gasteiger charge is 2.20. The average Bonchev–Trinajstić information content (AvgIpc) is 2.76. The van der Waals surface area contributed by atoms with Crippen LogP contribution in [0.3, 0.4) is 0 Å². The van der Waals surface area contributed by atoms with Gasteiger partial charge in [0.15, 0.2) is 5.76 Å². The minimum absolute atomic E-state index is 0.817. The van der Waals surface area contributed by atoms with Crippen molar-refractivity contribution in [2.75, 3.05) is 6.54 Å². The van der Waals surface area contributed by atoms with Crippen LogP contribution in [-0.4, -0.2) is 11.7 Å². The van der Waals surface area contributed by atoms with Gasteiger partial charge in [-0.2, -0.15) is 0 Å². The lowest BCUT2D eigenvalue weighted by Crippen LogP contribution is -2.15. The van der Waals surface area contributed by atoms with Crippen molar-refractivity contribution in [2.24, 2.45) is 5.92 Å². The quantitative estimate of drug-likeness (QED) is 0.736. The molecule has 0 atom stereocenters. The smallest absolute Gasteiger partial charge is 0.150 e. The van der Waals surface area contributed by atoms with Gasteiger partial charge < -0.3 is 9.84 Å². The summed E-state index contributed by atoms with van der Waals surface area (Å²) in [5, 5.41) is 7.16. The fraction of sp³-hybridized carbons (Fsp3) is 0.667. The van der Waals surface area contributed by atoms with Crippen molar-refractivity contribution in [3.8, 4) is 0 Å². The Hall–Kier alpha value is -0.830. The fourth-order valence-corrected chi connectivity index (χ4v) is 1.22. The van der Waals surface area contributed by atoms with Crippen LogP contribution >= 0.6 is 0 Å². The lowest BCUT2D eigenvalue weighted by Gasteiger charge is -1.97. The predicted molar refractivity (Wildman–Crippen MR) is 45.7 cm³/mol. The van der Waals surface area contributed by atoms with E-state index in [0.29, 0.717) is 0 Å². The van der Waals surface area contributed by atoms with E-state index in [9.17, 15) is 0 Å². The van der Waals surface area contributed by atoms with E-state index in [1.165, 1.54) is 12.8 Å². The van der Waals surface area contributed by atoms with Crippen LogP contribution in [0, 0.1) is 12.8 Å². The van der Waals surface area contributed by atoms with Gasteiger partial charge in [-0.25, -0.2) is 0 Å². The molecule has 3 nitrogen and oxygen atoms in total. The van der Waals surface area contributed by atoms with Crippen LogP contribution in [-0.2, 0) is 6.54 Å². The van der Waals surface area contributed by atoms with Crippen LogP contribution in [0.1, 0.15) is 24.3 Å². The van der Waals surface area contributed by atoms with Gasteiger partial charge in [-0.1, -0.05) is 5.16 Å². The van der Waals surface area contributed by atoms with E-state index in [2.05, 4.69) is 10.5 Å². The van der Waals surface area contributed by atoms with Crippen molar-refractivity contribution >= 4 is 0 Å². The first-order chi connectivity index (χ1) is 5.84. The number of hydrogen-bond donors (Lipinski definition) is 1. The first-order valence-electron chi connectivity index (χ1n) is 4.47. The third kappa shape index (κ3) is 2.08. The van der Waals surface area contributed by atoms with Gasteiger partial charge in [-0.3, -0.25) is 0 Å². The highest BCUT2D eigenvalue weighted by molar-refractivity contribution is 5.02. The van der Waals surface area contributed by atoms with Crippen molar-refractivity contribution in [1.82, 2.24) is 10.5 Å². The second kappa shape index (κ2) is 3.27. The molecular formula is C9H14N2O. The van der Waals surface area contributed by atoms with E-state index in [1.54, 1.807) is 0 Å². The van der Waals surface area contributed by atoms with Gasteiger partial charge in [-0.05, 0) is 32.2 Å². The summed E-state index contributed by atoms with van der Waals surface area (Å²) >= 11 is 0. The monoisotopic (exact) mass is 166 g/mol. The van der Waals surface area contributed by atoms with E-state index < -0.39 is 0 Å². The minimum atomic E-state index is 0.817. The molecule has 1 heterocycles. The number of nitrogens with one attached hydrogen (secondary N) is 1. The SMILES string of the molecule is Cc1cc(CNCC2CC2)on1. The number of aromatic nitrogens is 1. The van der Waals surface area contributed by atoms with Gasteiger partial charge in [0.25, 0.3) is 0 Å². The molecule has 0 saturated heterocycles. The Morgan fingerprint density at radius 2 is 2.50 bits per heavy atom. The Kier molecular flexibility index (Phi) is 2.13. The molecule has 1 aliphatic rings. The van der Waals surface area contributed by atoms with E-state index in [0.717, 1.165) is 30.5 Å². The topological polar surface area (TPSA) is 38.1 Å². The van der Waals surface area contributed by atoms with E-state index >= 15 is 0 Å². The standard InChI is InChI=1S/C9H14N2O/c1-7-4-9(12-11-7)6-10-5-8-2-3-8/h4,8,10H,2-3,5-6H2,1H3. The number of aryl methyl sites for hydroxylation is 1. The van der Waals surface area contributed by atoms with Gasteiger partial charge in [0.1, 0.15) is 0 Å². The molecule has 0 unspecified atom stereocenters. The maximum Gasteiger partial charge on any atom is 0.150 e. The third-order valence-electron chi connectivity index (χ3n) is 2.11. The Labute approximate surface area is 72.1 Å². The van der Waals surface area contributed by atoms with Crippen molar-refractivity contribution in [3.63, 3.8) is 0 Å². The first-order valence-corrected chi connectivity index (χ1v) is 4.47. The average molecular weight is 166 g/mol. The summed E-state index contributed by atoms with van der Waals surface area (Å²) < 4.78 is 5.05. The first kappa shape index (κ1) is 7.80. The second-order valence-corrected chi connectivity index (χ2v) is 3.51. The molecule has 0 bridgehead atoms. The molecule has 2 rings (SSSR count). The van der Waals surface area contributed by atoms with Gasteiger partial charge in [0, 0.05) is 6.07 Å². The van der Waals surface area contributed by atoms with Crippen LogP contribution in [0.15, 0.2) is 10.6 Å². The van der Waals surface area contributed by atoms with Gasteiger partial charge >= 0.3 is 0 Å². The van der Waals surface area contributed by atoms with Crippen molar-refractivity contribution in [2.45, 2.75) is 26.3 Å². The van der Waals surface area contributed by atoms with Crippen molar-refractivity contribution < 1.29 is 4.52 Å². The normalized spacial score (nSPS) is 16.8. The predicted octanol–water partition coefficient (Wildman–Crippen LogP) is 1.48. The summed E-state index contributed by atoms with van der Waals surface area (Å²) in [5.74, 6) is 1.86. The maximum atomic E-state index is 5.05. The molecule has 1 fully saturated rings. The van der Waals surface area contributed by atoms with E-state index in [4.69, 9.17) is 4.52 Å². The summed E-state index contributed by atoms with van der Waals surface area (Å²) in [6.07, 6.45) is 2.78. The molecule has 1 aliphatic carbocycles. The van der Waals surface area contributed by atoms with Crippen LogP contribution < -0.4 is 5.32 Å². The maximum absolute atomic E-state index is 5.05. The number of rotatable bonds is 4. The van der Waals surface area contributed by atoms with Gasteiger partial charge in [0.05, 0.1) is 12.2 Å². The molecule has 12 heavy (non-hydrogen) atoms. The fourth-order valence-electron chi connectivity index (χ4n) is 1.22. The zero-order chi connectivity index (χ0) is 8.39.